The van der Waals surface area contributed by atoms with E-state index in [9.17, 15) is 46.6 Å². The van der Waals surface area contributed by atoms with E-state index < -0.39 is 66.3 Å². The molecule has 22 heteroatoms. The molecule has 1 aromatic heterocycles. The molecule has 0 aliphatic rings. The number of hydrogen-bond donors (Lipinski definition) is 1. The lowest BCUT2D eigenvalue weighted by Gasteiger charge is -2.15. The highest BCUT2D eigenvalue weighted by Gasteiger charge is 2.42. The van der Waals surface area contributed by atoms with Gasteiger partial charge in [-0.2, -0.15) is 26.3 Å². The van der Waals surface area contributed by atoms with Gasteiger partial charge >= 0.3 is 23.7 Å². The summed E-state index contributed by atoms with van der Waals surface area (Å²) in [6, 6.07) is 0.301. The SMILES string of the molecule is CN(C)C(=S)SSC(=S)N(C)C.O=[N+]([O-])c1cc(C(F)(F)F)c(Cl)c([N+](=O)[O-])c1Nc1ncc(C(F)(F)F)cc1Cl. The number of anilines is 2. The monoisotopic (exact) mass is 704 g/mol. The molecule has 0 fully saturated rings. The maximum Gasteiger partial charge on any atom is 0.418 e. The van der Waals surface area contributed by atoms with E-state index >= 15 is 0 Å². The molecule has 2 rings (SSSR count). The molecule has 226 valence electrons. The highest BCUT2D eigenvalue weighted by molar-refractivity contribution is 8.89. The van der Waals surface area contributed by atoms with E-state index in [-0.39, 0.29) is 12.3 Å². The van der Waals surface area contributed by atoms with Crippen LogP contribution in [0.15, 0.2) is 18.3 Å². The fourth-order valence-electron chi connectivity index (χ4n) is 2.30. The molecule has 0 aliphatic heterocycles. The van der Waals surface area contributed by atoms with Gasteiger partial charge in [0, 0.05) is 40.5 Å². The van der Waals surface area contributed by atoms with E-state index in [1.807, 2.05) is 43.3 Å². The number of halogens is 8. The molecule has 1 heterocycles. The Hall–Kier alpha value is -2.39. The first-order valence-electron chi connectivity index (χ1n) is 10.1. The second-order valence-corrected chi connectivity index (χ2v) is 11.8. The molecule has 0 bridgehead atoms. The van der Waals surface area contributed by atoms with Crippen molar-refractivity contribution in [3.05, 3.63) is 59.7 Å². The van der Waals surface area contributed by atoms with Crippen LogP contribution in [0.4, 0.5) is 49.2 Å². The van der Waals surface area contributed by atoms with Gasteiger partial charge in [0.1, 0.15) is 19.5 Å². The quantitative estimate of drug-likeness (QED) is 0.109. The first kappa shape index (κ1) is 36.6. The zero-order valence-electron chi connectivity index (χ0n) is 20.8. The third-order valence-corrected chi connectivity index (χ3v) is 9.06. The van der Waals surface area contributed by atoms with Gasteiger partial charge in [0.05, 0.1) is 26.0 Å². The Kier molecular flexibility index (Phi) is 13.1. The predicted molar refractivity (Wildman–Crippen MR) is 155 cm³/mol. The van der Waals surface area contributed by atoms with Gasteiger partial charge in [-0.1, -0.05) is 47.6 Å². The topological polar surface area (TPSA) is 118 Å². The molecular formula is C19H16Cl2F6N6O4S4. The molecule has 0 amide bonds. The van der Waals surface area contributed by atoms with Gasteiger partial charge in [-0.05, 0) is 27.7 Å². The minimum absolute atomic E-state index is 0.0599. The second kappa shape index (κ2) is 14.7. The van der Waals surface area contributed by atoms with Crippen molar-refractivity contribution in [3.8, 4) is 0 Å². The van der Waals surface area contributed by atoms with Crippen LogP contribution in [0.25, 0.3) is 0 Å². The number of pyridine rings is 1. The van der Waals surface area contributed by atoms with E-state index in [0.29, 0.717) is 6.07 Å². The van der Waals surface area contributed by atoms with Crippen molar-refractivity contribution in [2.24, 2.45) is 0 Å². The van der Waals surface area contributed by atoms with Crippen molar-refractivity contribution < 1.29 is 36.2 Å². The van der Waals surface area contributed by atoms with Crippen LogP contribution in [-0.4, -0.2) is 61.5 Å². The molecule has 0 atom stereocenters. The normalized spacial score (nSPS) is 11.2. The Balaban J connectivity index is 0.000000590. The lowest BCUT2D eigenvalue weighted by molar-refractivity contribution is -0.392. The van der Waals surface area contributed by atoms with Crippen LogP contribution in [0.3, 0.4) is 0 Å². The molecule has 0 saturated carbocycles. The third kappa shape index (κ3) is 10.4. The summed E-state index contributed by atoms with van der Waals surface area (Å²) in [5, 5.41) is 22.1. The van der Waals surface area contributed by atoms with E-state index in [0.717, 1.165) is 8.64 Å². The number of nitrogens with zero attached hydrogens (tertiary/aromatic N) is 5. The number of nitro benzene ring substituents is 2. The number of alkyl halides is 6. The van der Waals surface area contributed by atoms with Crippen LogP contribution >= 0.6 is 69.2 Å². The van der Waals surface area contributed by atoms with Crippen LogP contribution in [0.1, 0.15) is 11.1 Å². The Morgan fingerprint density at radius 3 is 1.76 bits per heavy atom. The average molecular weight is 706 g/mol. The highest BCUT2D eigenvalue weighted by atomic mass is 35.5. The van der Waals surface area contributed by atoms with Gasteiger partial charge in [-0.3, -0.25) is 20.2 Å². The van der Waals surface area contributed by atoms with Gasteiger partial charge in [0.2, 0.25) is 0 Å². The average Bonchev–Trinajstić information content (AvgIpc) is 2.81. The molecule has 2 aromatic rings. The van der Waals surface area contributed by atoms with Crippen molar-refractivity contribution >= 4 is 101 Å². The first-order chi connectivity index (χ1) is 18.6. The van der Waals surface area contributed by atoms with Gasteiger partial charge in [0.25, 0.3) is 0 Å². The number of aromatic nitrogens is 1. The fraction of sp³-hybridized carbons (Fsp3) is 0.316. The van der Waals surface area contributed by atoms with Gasteiger partial charge < -0.3 is 15.1 Å². The van der Waals surface area contributed by atoms with Gasteiger partial charge in [-0.15, -0.1) is 0 Å². The van der Waals surface area contributed by atoms with Gasteiger partial charge in [0.15, 0.2) is 5.69 Å². The zero-order chi connectivity index (χ0) is 32.0. The minimum atomic E-state index is -5.27. The highest BCUT2D eigenvalue weighted by Crippen LogP contribution is 2.48. The Labute approximate surface area is 256 Å². The van der Waals surface area contributed by atoms with E-state index in [4.69, 9.17) is 47.6 Å². The van der Waals surface area contributed by atoms with Crippen LogP contribution < -0.4 is 5.32 Å². The molecule has 0 spiro atoms. The summed E-state index contributed by atoms with van der Waals surface area (Å²) in [4.78, 5) is 26.7. The number of rotatable bonds is 4. The lowest BCUT2D eigenvalue weighted by atomic mass is 10.1. The summed E-state index contributed by atoms with van der Waals surface area (Å²) < 4.78 is 78.7. The van der Waals surface area contributed by atoms with Crippen LogP contribution in [-0.2, 0) is 12.4 Å². The summed E-state index contributed by atoms with van der Waals surface area (Å²) in [5.41, 5.74) is -7.26. The smallest absolute Gasteiger partial charge is 0.363 e. The molecule has 0 aliphatic carbocycles. The first-order valence-corrected chi connectivity index (χ1v) is 13.8. The number of hydrogen-bond acceptors (Lipinski definition) is 10. The molecule has 10 nitrogen and oxygen atoms in total. The van der Waals surface area contributed by atoms with E-state index in [1.165, 1.54) is 21.6 Å². The zero-order valence-corrected chi connectivity index (χ0v) is 25.5. The number of benzene rings is 1. The summed E-state index contributed by atoms with van der Waals surface area (Å²) in [5.74, 6) is -0.721. The Bertz CT molecular complexity index is 1330. The molecule has 41 heavy (non-hydrogen) atoms. The Morgan fingerprint density at radius 1 is 0.927 bits per heavy atom. The van der Waals surface area contributed by atoms with Gasteiger partial charge in [-0.25, -0.2) is 4.98 Å². The van der Waals surface area contributed by atoms with Crippen LogP contribution in [0.5, 0.6) is 0 Å². The minimum Gasteiger partial charge on any atom is -0.363 e. The van der Waals surface area contributed by atoms with Crippen molar-refractivity contribution in [1.29, 1.82) is 0 Å². The maximum absolute atomic E-state index is 13.0. The van der Waals surface area contributed by atoms with Crippen molar-refractivity contribution in [2.75, 3.05) is 33.5 Å². The van der Waals surface area contributed by atoms with E-state index in [2.05, 4.69) is 4.98 Å². The lowest BCUT2D eigenvalue weighted by Crippen LogP contribution is -2.18. The second-order valence-electron chi connectivity index (χ2n) is 7.66. The molecule has 0 saturated heterocycles. The largest absolute Gasteiger partial charge is 0.418 e. The molecule has 1 aromatic carbocycles. The maximum atomic E-state index is 13.0. The summed E-state index contributed by atoms with van der Waals surface area (Å²) in [6.07, 6.45) is -9.85. The van der Waals surface area contributed by atoms with Crippen molar-refractivity contribution in [2.45, 2.75) is 12.4 Å². The number of nitro groups is 2. The molecular weight excluding hydrogens is 689 g/mol. The third-order valence-electron chi connectivity index (χ3n) is 4.23. The standard InChI is InChI=1S/C13H4Cl2F6N4O4.C6H12N2S4/c14-6-1-4(12(16,17)18)3-22-11(6)23-9-7(24(26)27)2-5(13(19,20)21)8(15)10(9)25(28)29;1-7(2)5(9)11-12-6(10)8(3)4/h1-3H,(H,22,23);1-4H3. The van der Waals surface area contributed by atoms with Crippen molar-refractivity contribution in [3.63, 3.8) is 0 Å². The molecule has 0 unspecified atom stereocenters. The Morgan fingerprint density at radius 2 is 1.41 bits per heavy atom. The summed E-state index contributed by atoms with van der Waals surface area (Å²) >= 11 is 21.2. The van der Waals surface area contributed by atoms with Crippen LogP contribution in [0.2, 0.25) is 10.0 Å². The van der Waals surface area contributed by atoms with Crippen molar-refractivity contribution in [1.82, 2.24) is 14.8 Å². The fourth-order valence-corrected chi connectivity index (χ4v) is 5.21. The predicted octanol–water partition coefficient (Wildman–Crippen LogP) is 8.05. The van der Waals surface area contributed by atoms with E-state index in [1.54, 1.807) is 0 Å². The summed E-state index contributed by atoms with van der Waals surface area (Å²) in [7, 11) is 10.7. The molecule has 1 N–H and O–H groups in total. The number of thiocarbonyl (C=S) groups is 2. The molecule has 0 radical (unpaired) electrons. The number of nitrogens with one attached hydrogen (secondary N) is 1. The van der Waals surface area contributed by atoms with Crippen LogP contribution in [0, 0.1) is 20.2 Å². The summed E-state index contributed by atoms with van der Waals surface area (Å²) in [6.45, 7) is 0.